The zero-order valence-electron chi connectivity index (χ0n) is 14.8. The summed E-state index contributed by atoms with van der Waals surface area (Å²) in [6.07, 6.45) is 12.1. The molecule has 1 atom stereocenters. The Balaban J connectivity index is 1.39. The van der Waals surface area contributed by atoms with E-state index < -0.39 is 0 Å². The van der Waals surface area contributed by atoms with Crippen LogP contribution in [0.25, 0.3) is 0 Å². The molecule has 0 aromatic rings. The molecule has 2 aliphatic heterocycles. The molecule has 3 rings (SSSR count). The van der Waals surface area contributed by atoms with E-state index in [0.717, 1.165) is 65.0 Å². The molecule has 2 heterocycles. The van der Waals surface area contributed by atoms with E-state index in [2.05, 4.69) is 17.1 Å². The molecule has 2 amide bonds. The summed E-state index contributed by atoms with van der Waals surface area (Å²) in [5.41, 5.74) is 0. The van der Waals surface area contributed by atoms with Gasteiger partial charge in [-0.3, -0.25) is 14.5 Å². The van der Waals surface area contributed by atoms with E-state index >= 15 is 0 Å². The third-order valence-corrected chi connectivity index (χ3v) is 5.59. The Morgan fingerprint density at radius 2 is 1.50 bits per heavy atom. The normalized spacial score (nSPS) is 25.8. The van der Waals surface area contributed by atoms with Gasteiger partial charge in [0.25, 0.3) is 0 Å². The van der Waals surface area contributed by atoms with Crippen LogP contribution in [0.5, 0.6) is 0 Å². The summed E-state index contributed by atoms with van der Waals surface area (Å²) in [5, 5.41) is 0. The van der Waals surface area contributed by atoms with Gasteiger partial charge in [0.05, 0.1) is 6.54 Å². The summed E-state index contributed by atoms with van der Waals surface area (Å²) < 4.78 is 0. The molecule has 0 N–H and O–H groups in total. The first-order valence-corrected chi connectivity index (χ1v) is 9.67. The van der Waals surface area contributed by atoms with Gasteiger partial charge in [0.15, 0.2) is 0 Å². The molecular weight excluding hydrogens is 302 g/mol. The number of rotatable bonds is 4. The Morgan fingerprint density at radius 3 is 2.12 bits per heavy atom. The summed E-state index contributed by atoms with van der Waals surface area (Å²) >= 11 is 0. The van der Waals surface area contributed by atoms with Crippen LogP contribution in [0, 0.1) is 5.92 Å². The summed E-state index contributed by atoms with van der Waals surface area (Å²) in [6.45, 7) is 5.55. The maximum atomic E-state index is 12.5. The average molecular weight is 333 g/mol. The standard InChI is InChI=1S/C19H31N3O2/c23-18(15-17-7-3-4-8-17)22-13-11-20(12-14-22)16-19(24)21-9-5-1-2-6-10-21/h3,7,17H,1-2,4-6,8-16H2. The summed E-state index contributed by atoms with van der Waals surface area (Å²) in [7, 11) is 0. The van der Waals surface area contributed by atoms with Crippen LogP contribution in [-0.2, 0) is 9.59 Å². The van der Waals surface area contributed by atoms with Gasteiger partial charge >= 0.3 is 0 Å². The molecule has 0 bridgehead atoms. The number of nitrogens with zero attached hydrogens (tertiary/aromatic N) is 3. The van der Waals surface area contributed by atoms with Crippen molar-refractivity contribution in [2.75, 3.05) is 45.8 Å². The molecule has 5 nitrogen and oxygen atoms in total. The van der Waals surface area contributed by atoms with Gasteiger partial charge in [0.2, 0.25) is 11.8 Å². The van der Waals surface area contributed by atoms with Crippen LogP contribution in [0.1, 0.15) is 44.9 Å². The summed E-state index contributed by atoms with van der Waals surface area (Å²) in [6, 6.07) is 0. The van der Waals surface area contributed by atoms with E-state index in [-0.39, 0.29) is 11.8 Å². The van der Waals surface area contributed by atoms with E-state index in [1.54, 1.807) is 0 Å². The smallest absolute Gasteiger partial charge is 0.236 e. The number of amides is 2. The van der Waals surface area contributed by atoms with Gasteiger partial charge in [0.1, 0.15) is 0 Å². The first-order chi connectivity index (χ1) is 11.7. The highest BCUT2D eigenvalue weighted by Crippen LogP contribution is 2.21. The van der Waals surface area contributed by atoms with Gasteiger partial charge in [-0.2, -0.15) is 0 Å². The minimum atomic E-state index is 0.271. The van der Waals surface area contributed by atoms with E-state index in [1.165, 1.54) is 12.8 Å². The lowest BCUT2D eigenvalue weighted by molar-refractivity contribution is -0.135. The van der Waals surface area contributed by atoms with Crippen molar-refractivity contribution >= 4 is 11.8 Å². The van der Waals surface area contributed by atoms with E-state index in [1.807, 2.05) is 9.80 Å². The van der Waals surface area contributed by atoms with Crippen LogP contribution in [0.3, 0.4) is 0 Å². The fourth-order valence-electron chi connectivity index (χ4n) is 3.99. The average Bonchev–Trinajstić information content (AvgIpc) is 2.94. The molecule has 0 spiro atoms. The highest BCUT2D eigenvalue weighted by Gasteiger charge is 2.25. The lowest BCUT2D eigenvalue weighted by Gasteiger charge is -2.35. The summed E-state index contributed by atoms with van der Waals surface area (Å²) in [5.74, 6) is 0.998. The van der Waals surface area contributed by atoms with Crippen molar-refractivity contribution < 1.29 is 9.59 Å². The van der Waals surface area contributed by atoms with Gasteiger partial charge in [-0.15, -0.1) is 0 Å². The predicted octanol–water partition coefficient (Wildman–Crippen LogP) is 1.89. The van der Waals surface area contributed by atoms with Crippen LogP contribution in [-0.4, -0.2) is 72.3 Å². The van der Waals surface area contributed by atoms with Crippen LogP contribution in [0.15, 0.2) is 12.2 Å². The second-order valence-corrected chi connectivity index (χ2v) is 7.42. The molecule has 134 valence electrons. The zero-order valence-corrected chi connectivity index (χ0v) is 14.8. The van der Waals surface area contributed by atoms with Crippen LogP contribution in [0.2, 0.25) is 0 Å². The van der Waals surface area contributed by atoms with E-state index in [9.17, 15) is 9.59 Å². The summed E-state index contributed by atoms with van der Waals surface area (Å²) in [4.78, 5) is 31.1. The first-order valence-electron chi connectivity index (χ1n) is 9.67. The van der Waals surface area contributed by atoms with Gasteiger partial charge in [-0.1, -0.05) is 25.0 Å². The Morgan fingerprint density at radius 1 is 0.833 bits per heavy atom. The van der Waals surface area contributed by atoms with Gasteiger partial charge < -0.3 is 9.80 Å². The molecule has 0 radical (unpaired) electrons. The third-order valence-electron chi connectivity index (χ3n) is 5.59. The highest BCUT2D eigenvalue weighted by atomic mass is 16.2. The number of allylic oxidation sites excluding steroid dienone is 2. The Kier molecular flexibility index (Phi) is 6.30. The Labute approximate surface area is 145 Å². The fourth-order valence-corrected chi connectivity index (χ4v) is 3.99. The zero-order chi connectivity index (χ0) is 16.8. The van der Waals surface area contributed by atoms with Crippen molar-refractivity contribution in [2.45, 2.75) is 44.9 Å². The second-order valence-electron chi connectivity index (χ2n) is 7.42. The van der Waals surface area contributed by atoms with Crippen molar-refractivity contribution in [3.8, 4) is 0 Å². The number of likely N-dealkylation sites (tertiary alicyclic amines) is 1. The number of piperazine rings is 1. The Hall–Kier alpha value is -1.36. The van der Waals surface area contributed by atoms with Crippen molar-refractivity contribution in [2.24, 2.45) is 5.92 Å². The lowest BCUT2D eigenvalue weighted by Crippen LogP contribution is -2.51. The Bertz CT molecular complexity index is 461. The molecule has 3 aliphatic rings. The lowest BCUT2D eigenvalue weighted by atomic mass is 10.0. The van der Waals surface area contributed by atoms with Crippen molar-refractivity contribution in [1.82, 2.24) is 14.7 Å². The number of hydrogen-bond acceptors (Lipinski definition) is 3. The van der Waals surface area contributed by atoms with Gasteiger partial charge in [0, 0.05) is 45.7 Å². The van der Waals surface area contributed by atoms with Crippen LogP contribution >= 0.6 is 0 Å². The SMILES string of the molecule is O=C(CC1C=CCC1)N1CCN(CC(=O)N2CCCCCC2)CC1. The molecule has 0 aromatic heterocycles. The van der Waals surface area contributed by atoms with Crippen LogP contribution < -0.4 is 0 Å². The van der Waals surface area contributed by atoms with Crippen LogP contribution in [0.4, 0.5) is 0 Å². The third kappa shape index (κ3) is 4.82. The molecule has 1 aliphatic carbocycles. The topological polar surface area (TPSA) is 43.9 Å². The largest absolute Gasteiger partial charge is 0.342 e. The minimum absolute atomic E-state index is 0.271. The number of carbonyl (C=O) groups is 2. The van der Waals surface area contributed by atoms with Crippen molar-refractivity contribution in [3.05, 3.63) is 12.2 Å². The minimum Gasteiger partial charge on any atom is -0.342 e. The second kappa shape index (κ2) is 8.65. The molecule has 0 saturated carbocycles. The first kappa shape index (κ1) is 17.5. The predicted molar refractivity (Wildman–Crippen MR) is 94.5 cm³/mol. The molecule has 1 unspecified atom stereocenters. The van der Waals surface area contributed by atoms with Crippen molar-refractivity contribution in [3.63, 3.8) is 0 Å². The quantitative estimate of drug-likeness (QED) is 0.738. The van der Waals surface area contributed by atoms with E-state index in [4.69, 9.17) is 0 Å². The molecule has 5 heteroatoms. The fraction of sp³-hybridized carbons (Fsp3) is 0.789. The maximum absolute atomic E-state index is 12.5. The molecule has 2 saturated heterocycles. The van der Waals surface area contributed by atoms with Gasteiger partial charge in [-0.25, -0.2) is 0 Å². The highest BCUT2D eigenvalue weighted by molar-refractivity contribution is 5.78. The monoisotopic (exact) mass is 333 g/mol. The van der Waals surface area contributed by atoms with E-state index in [0.29, 0.717) is 18.9 Å². The molecule has 24 heavy (non-hydrogen) atoms. The van der Waals surface area contributed by atoms with Gasteiger partial charge in [-0.05, 0) is 31.6 Å². The van der Waals surface area contributed by atoms with Crippen molar-refractivity contribution in [1.29, 1.82) is 0 Å². The molecule has 0 aromatic carbocycles. The number of carbonyl (C=O) groups excluding carboxylic acids is 2. The molecular formula is C19H31N3O2. The number of hydrogen-bond donors (Lipinski definition) is 0. The maximum Gasteiger partial charge on any atom is 0.236 e. The molecule has 2 fully saturated rings.